The van der Waals surface area contributed by atoms with Crippen LogP contribution >= 0.6 is 27.7 Å². The first kappa shape index (κ1) is 12.1. The van der Waals surface area contributed by atoms with Crippen molar-refractivity contribution in [2.24, 2.45) is 0 Å². The van der Waals surface area contributed by atoms with Gasteiger partial charge in [0, 0.05) is 23.3 Å². The molecule has 0 aliphatic heterocycles. The van der Waals surface area contributed by atoms with Gasteiger partial charge >= 0.3 is 0 Å². The zero-order valence-electron chi connectivity index (χ0n) is 8.42. The molecule has 0 atom stereocenters. The predicted molar refractivity (Wildman–Crippen MR) is 68.8 cm³/mol. The van der Waals surface area contributed by atoms with Gasteiger partial charge < -0.3 is 5.32 Å². The van der Waals surface area contributed by atoms with Crippen LogP contribution in [0.2, 0.25) is 0 Å². The smallest absolute Gasteiger partial charge is 0.0206 e. The number of hydrogen-bond donors (Lipinski definition) is 1. The Hall–Kier alpha value is 0.01000. The Morgan fingerprint density at radius 1 is 1.43 bits per heavy atom. The van der Waals surface area contributed by atoms with Gasteiger partial charge in [-0.25, -0.2) is 0 Å². The van der Waals surface area contributed by atoms with Gasteiger partial charge in [0.15, 0.2) is 0 Å². The summed E-state index contributed by atoms with van der Waals surface area (Å²) >= 11 is 5.44. The van der Waals surface area contributed by atoms with Crippen molar-refractivity contribution in [3.05, 3.63) is 34.3 Å². The number of nitrogens with one attached hydrogen (secondary N) is 1. The van der Waals surface area contributed by atoms with Crippen LogP contribution in [0.5, 0.6) is 0 Å². The first-order valence-corrected chi connectivity index (χ1v) is 6.80. The molecule has 0 aromatic heterocycles. The first-order valence-electron chi connectivity index (χ1n) is 4.86. The molecule has 1 aromatic rings. The lowest BCUT2D eigenvalue weighted by Crippen LogP contribution is -2.16. The Morgan fingerprint density at radius 2 is 2.29 bits per heavy atom. The highest BCUT2D eigenvalue weighted by molar-refractivity contribution is 9.10. The quantitative estimate of drug-likeness (QED) is 0.799. The lowest BCUT2D eigenvalue weighted by Gasteiger charge is -2.04. The SMILES string of the molecule is CCSCCNCc1cccc(Br)c1. The molecule has 0 unspecified atom stereocenters. The van der Waals surface area contributed by atoms with Gasteiger partial charge in [-0.1, -0.05) is 35.0 Å². The molecular weight excluding hydrogens is 258 g/mol. The van der Waals surface area contributed by atoms with E-state index >= 15 is 0 Å². The minimum Gasteiger partial charge on any atom is -0.312 e. The molecule has 0 aliphatic rings. The van der Waals surface area contributed by atoms with Crippen molar-refractivity contribution in [2.75, 3.05) is 18.1 Å². The highest BCUT2D eigenvalue weighted by Gasteiger charge is 1.93. The molecule has 0 amide bonds. The Bertz CT molecular complexity index is 265. The van der Waals surface area contributed by atoms with E-state index in [-0.39, 0.29) is 0 Å². The van der Waals surface area contributed by atoms with Crippen LogP contribution in [0, 0.1) is 0 Å². The summed E-state index contributed by atoms with van der Waals surface area (Å²) in [6.07, 6.45) is 0. The fraction of sp³-hybridized carbons (Fsp3) is 0.455. The Kier molecular flexibility index (Phi) is 6.32. The third kappa shape index (κ3) is 5.03. The zero-order valence-corrected chi connectivity index (χ0v) is 10.8. The van der Waals surface area contributed by atoms with Crippen molar-refractivity contribution in [3.8, 4) is 0 Å². The number of hydrogen-bond acceptors (Lipinski definition) is 2. The highest BCUT2D eigenvalue weighted by atomic mass is 79.9. The zero-order chi connectivity index (χ0) is 10.2. The molecule has 78 valence electrons. The van der Waals surface area contributed by atoms with E-state index < -0.39 is 0 Å². The molecule has 0 radical (unpaired) electrons. The Morgan fingerprint density at radius 3 is 3.00 bits per heavy atom. The lowest BCUT2D eigenvalue weighted by atomic mass is 10.2. The van der Waals surface area contributed by atoms with Crippen LogP contribution < -0.4 is 5.32 Å². The molecule has 1 rings (SSSR count). The van der Waals surface area contributed by atoms with Crippen molar-refractivity contribution in [1.29, 1.82) is 0 Å². The summed E-state index contributed by atoms with van der Waals surface area (Å²) in [5.41, 5.74) is 1.33. The van der Waals surface area contributed by atoms with Gasteiger partial charge in [0.1, 0.15) is 0 Å². The number of thioether (sulfide) groups is 1. The second-order valence-corrected chi connectivity index (χ2v) is 5.31. The third-order valence-electron chi connectivity index (χ3n) is 1.85. The minimum absolute atomic E-state index is 0.962. The van der Waals surface area contributed by atoms with Crippen molar-refractivity contribution in [2.45, 2.75) is 13.5 Å². The summed E-state index contributed by atoms with van der Waals surface area (Å²) in [5, 5.41) is 3.42. The van der Waals surface area contributed by atoms with Crippen molar-refractivity contribution >= 4 is 27.7 Å². The van der Waals surface area contributed by atoms with Gasteiger partial charge in [0.05, 0.1) is 0 Å². The van der Waals surface area contributed by atoms with Gasteiger partial charge in [-0.15, -0.1) is 0 Å². The molecule has 14 heavy (non-hydrogen) atoms. The summed E-state index contributed by atoms with van der Waals surface area (Å²) < 4.78 is 1.15. The van der Waals surface area contributed by atoms with Crippen LogP contribution in [0.4, 0.5) is 0 Å². The Labute approximate surface area is 98.8 Å². The molecule has 0 saturated heterocycles. The molecule has 1 N–H and O–H groups in total. The standard InChI is InChI=1S/C11H16BrNS/c1-2-14-7-6-13-9-10-4-3-5-11(12)8-10/h3-5,8,13H,2,6-7,9H2,1H3. The van der Waals surface area contributed by atoms with E-state index in [9.17, 15) is 0 Å². The normalized spacial score (nSPS) is 10.4. The molecule has 0 saturated carbocycles. The number of halogens is 1. The summed E-state index contributed by atoms with van der Waals surface area (Å²) in [5.74, 6) is 2.41. The molecule has 3 heteroatoms. The average Bonchev–Trinajstić information content (AvgIpc) is 2.18. The van der Waals surface area contributed by atoms with E-state index in [0.29, 0.717) is 0 Å². The summed E-state index contributed by atoms with van der Waals surface area (Å²) in [6, 6.07) is 8.42. The minimum atomic E-state index is 0.962. The molecule has 0 bridgehead atoms. The van der Waals surface area contributed by atoms with E-state index in [4.69, 9.17) is 0 Å². The number of rotatable bonds is 6. The molecule has 1 nitrogen and oxygen atoms in total. The molecule has 0 aliphatic carbocycles. The van der Waals surface area contributed by atoms with Crippen LogP contribution in [-0.2, 0) is 6.54 Å². The van der Waals surface area contributed by atoms with E-state index in [2.05, 4.69) is 52.4 Å². The fourth-order valence-corrected chi connectivity index (χ4v) is 2.19. The monoisotopic (exact) mass is 273 g/mol. The summed E-state index contributed by atoms with van der Waals surface area (Å²) in [7, 11) is 0. The third-order valence-corrected chi connectivity index (χ3v) is 3.24. The van der Waals surface area contributed by atoms with E-state index in [1.165, 1.54) is 17.1 Å². The van der Waals surface area contributed by atoms with E-state index in [1.807, 2.05) is 11.8 Å². The van der Waals surface area contributed by atoms with E-state index in [0.717, 1.165) is 17.6 Å². The first-order chi connectivity index (χ1) is 6.83. The molecule has 0 heterocycles. The maximum absolute atomic E-state index is 3.46. The fourth-order valence-electron chi connectivity index (χ4n) is 1.17. The van der Waals surface area contributed by atoms with E-state index in [1.54, 1.807) is 0 Å². The van der Waals surface area contributed by atoms with Gasteiger partial charge in [-0.05, 0) is 23.4 Å². The summed E-state index contributed by atoms with van der Waals surface area (Å²) in [6.45, 7) is 4.24. The van der Waals surface area contributed by atoms with Gasteiger partial charge in [-0.3, -0.25) is 0 Å². The van der Waals surface area contributed by atoms with Crippen LogP contribution in [-0.4, -0.2) is 18.1 Å². The van der Waals surface area contributed by atoms with Crippen LogP contribution in [0.15, 0.2) is 28.7 Å². The second-order valence-electron chi connectivity index (χ2n) is 3.00. The van der Waals surface area contributed by atoms with Crippen LogP contribution in [0.25, 0.3) is 0 Å². The molecule has 0 spiro atoms. The van der Waals surface area contributed by atoms with Crippen molar-refractivity contribution in [3.63, 3.8) is 0 Å². The van der Waals surface area contributed by atoms with Gasteiger partial charge in [-0.2, -0.15) is 11.8 Å². The largest absolute Gasteiger partial charge is 0.312 e. The maximum atomic E-state index is 3.46. The maximum Gasteiger partial charge on any atom is 0.0206 e. The van der Waals surface area contributed by atoms with Crippen LogP contribution in [0.1, 0.15) is 12.5 Å². The topological polar surface area (TPSA) is 12.0 Å². The molecule has 1 aromatic carbocycles. The molecule has 0 fully saturated rings. The molecular formula is C11H16BrNS. The summed E-state index contributed by atoms with van der Waals surface area (Å²) in [4.78, 5) is 0. The average molecular weight is 274 g/mol. The predicted octanol–water partition coefficient (Wildman–Crippen LogP) is 3.29. The van der Waals surface area contributed by atoms with Crippen molar-refractivity contribution in [1.82, 2.24) is 5.32 Å². The lowest BCUT2D eigenvalue weighted by molar-refractivity contribution is 0.732. The highest BCUT2D eigenvalue weighted by Crippen LogP contribution is 2.11. The Balaban J connectivity index is 2.18. The van der Waals surface area contributed by atoms with Gasteiger partial charge in [0.2, 0.25) is 0 Å². The van der Waals surface area contributed by atoms with Crippen molar-refractivity contribution < 1.29 is 0 Å². The van der Waals surface area contributed by atoms with Gasteiger partial charge in [0.25, 0.3) is 0 Å². The number of benzene rings is 1. The second kappa shape index (κ2) is 7.32. The van der Waals surface area contributed by atoms with Crippen LogP contribution in [0.3, 0.4) is 0 Å².